The summed E-state index contributed by atoms with van der Waals surface area (Å²) < 4.78 is 45.2. The Hall–Kier alpha value is -8.40. The SMILES string of the molecule is C=C(C)C(=O)OC(C)(C)C12CC3CC(CC(C3)C1)C2.C=C(C)C(=O)OC(C)(C)c1ccc2ccccc2c1.C=C(C)C(=O)OC(C)(C)c1ccccc1.C=C(C)C(=O)OC1(C)C2CC3CC(C2)CC1C3.C=C(C)C(=O)OC1(CC)C2CC3CC(C2)CC1C3.C=C(C)C(=O)OC1(CC)CCCC1.C=C(C)C(=O)OC1(CC)CCCCC1.C=C(C)C(=O)OC1(CC)CCCCCCC1. The fourth-order valence-electron chi connectivity index (χ4n) is 24.3. The molecule has 16 heteroatoms. The lowest BCUT2D eigenvalue weighted by Gasteiger charge is -2.61. The summed E-state index contributed by atoms with van der Waals surface area (Å²) in [6.07, 6.45) is 43.2. The number of hydrogen-bond acceptors (Lipinski definition) is 16. The first kappa shape index (κ1) is 108. The van der Waals surface area contributed by atoms with E-state index in [0.717, 1.165) is 122 Å². The Bertz CT molecular complexity index is 4440. The molecule has 0 saturated heterocycles. The van der Waals surface area contributed by atoms with Crippen molar-refractivity contribution in [3.05, 3.63) is 181 Å². The molecule has 0 heterocycles. The Morgan fingerprint density at radius 2 is 0.588 bits per heavy atom. The van der Waals surface area contributed by atoms with E-state index in [2.05, 4.69) is 119 Å². The maximum Gasteiger partial charge on any atom is 0.333 e. The minimum Gasteiger partial charge on any atom is -0.456 e. The van der Waals surface area contributed by atoms with E-state index < -0.39 is 11.2 Å². The molecule has 15 fully saturated rings. The summed E-state index contributed by atoms with van der Waals surface area (Å²) in [6.45, 7) is 65.2. The van der Waals surface area contributed by atoms with Crippen LogP contribution >= 0.6 is 0 Å². The van der Waals surface area contributed by atoms with Gasteiger partial charge in [0.25, 0.3) is 0 Å². The van der Waals surface area contributed by atoms with Gasteiger partial charge in [-0.05, 0) is 402 Å². The van der Waals surface area contributed by atoms with E-state index in [1.807, 2.05) is 82.3 Å². The second-order valence-corrected chi connectivity index (χ2v) is 43.8. The third-order valence-corrected chi connectivity index (χ3v) is 31.9. The molecule has 3 aromatic rings. The van der Waals surface area contributed by atoms with Gasteiger partial charge in [-0.25, -0.2) is 38.4 Å². The number of rotatable bonds is 23. The Morgan fingerprint density at radius 3 is 0.931 bits per heavy atom. The van der Waals surface area contributed by atoms with Gasteiger partial charge in [0, 0.05) is 50.0 Å². The highest BCUT2D eigenvalue weighted by atomic mass is 16.6. The van der Waals surface area contributed by atoms with Gasteiger partial charge in [0.15, 0.2) is 0 Å². The summed E-state index contributed by atoms with van der Waals surface area (Å²) in [5.41, 5.74) is 3.53. The number of carbonyl (C=O) groups is 8. The molecule has 15 aliphatic rings. The van der Waals surface area contributed by atoms with Crippen molar-refractivity contribution in [2.24, 2.45) is 70.5 Å². The minimum absolute atomic E-state index is 0.163. The molecule has 16 nitrogen and oxygen atoms in total. The Labute approximate surface area is 789 Å². The fraction of sp³-hybridized carbons (Fsp3) is 0.652. The van der Waals surface area contributed by atoms with E-state index in [1.54, 1.807) is 55.4 Å². The third kappa shape index (κ3) is 28.6. The van der Waals surface area contributed by atoms with E-state index in [0.29, 0.717) is 68.3 Å². The van der Waals surface area contributed by atoms with Crippen LogP contribution in [0.5, 0.6) is 0 Å². The molecular formula is C115H168O16. The summed E-state index contributed by atoms with van der Waals surface area (Å²) >= 11 is 0. The van der Waals surface area contributed by atoms with E-state index in [9.17, 15) is 38.4 Å². The summed E-state index contributed by atoms with van der Waals surface area (Å²) in [5.74, 6) is 6.73. The van der Waals surface area contributed by atoms with E-state index in [-0.39, 0.29) is 86.8 Å². The molecule has 15 saturated carbocycles. The normalized spacial score (nSPS) is 27.6. The second-order valence-electron chi connectivity index (χ2n) is 43.8. The van der Waals surface area contributed by atoms with Gasteiger partial charge in [0.05, 0.1) is 0 Å². The predicted octanol–water partition coefficient (Wildman–Crippen LogP) is 28.4. The van der Waals surface area contributed by atoms with Gasteiger partial charge in [0.1, 0.15) is 44.8 Å². The molecule has 724 valence electrons. The first-order valence-corrected chi connectivity index (χ1v) is 50.1. The molecule has 12 bridgehead atoms. The van der Waals surface area contributed by atoms with Crippen LogP contribution in [0, 0.1) is 70.5 Å². The maximum atomic E-state index is 12.0. The number of hydrogen-bond donors (Lipinski definition) is 0. The van der Waals surface area contributed by atoms with Gasteiger partial charge >= 0.3 is 47.8 Å². The Morgan fingerprint density at radius 1 is 0.305 bits per heavy atom. The van der Waals surface area contributed by atoms with E-state index in [1.165, 1.54) is 172 Å². The van der Waals surface area contributed by atoms with Crippen LogP contribution in [0.2, 0.25) is 0 Å². The predicted molar refractivity (Wildman–Crippen MR) is 527 cm³/mol. The molecule has 0 spiro atoms. The molecule has 3 aromatic carbocycles. The third-order valence-electron chi connectivity index (χ3n) is 31.9. The lowest BCUT2D eigenvalue weighted by Crippen LogP contribution is -2.59. The molecule has 18 rings (SSSR count). The molecule has 0 radical (unpaired) electrons. The van der Waals surface area contributed by atoms with Crippen molar-refractivity contribution in [1.29, 1.82) is 0 Å². The van der Waals surface area contributed by atoms with Crippen molar-refractivity contribution in [3.8, 4) is 0 Å². The number of fused-ring (bicyclic) bond motifs is 1. The molecular weight excluding hydrogens is 1640 g/mol. The van der Waals surface area contributed by atoms with Crippen molar-refractivity contribution < 1.29 is 76.3 Å². The highest BCUT2D eigenvalue weighted by molar-refractivity contribution is 5.91. The minimum atomic E-state index is -0.667. The van der Waals surface area contributed by atoms with Crippen molar-refractivity contribution in [3.63, 3.8) is 0 Å². The highest BCUT2D eigenvalue weighted by Gasteiger charge is 2.61. The quantitative estimate of drug-likeness (QED) is 0.0491. The molecule has 0 aliphatic heterocycles. The van der Waals surface area contributed by atoms with Crippen LogP contribution in [0.1, 0.15) is 374 Å². The molecule has 0 atom stereocenters. The zero-order chi connectivity index (χ0) is 97.0. The first-order chi connectivity index (χ1) is 61.5. The Kier molecular flexibility index (Phi) is 38.5. The van der Waals surface area contributed by atoms with Crippen LogP contribution in [-0.2, 0) is 87.5 Å². The standard InChI is InChI=1S/C17H26O2.C17H18O2.C16H24O2.C15H22O2.C14H24O2.C13H16O2.C12H20O2.C11H18O2/c1-11(2)15(18)19-16(3,4)17-8-12-5-13(9-17)7-14(6-12)10-17;1-12(2)16(18)19-17(3,4)15-10-9-13-7-5-6-8-14(13)11-15;1-4-16(18-15(17)10(2)3)13-6-11-5-12(8-13)9-14(16)7-11;1-9(2)14(16)17-15(3)12-5-10-4-11(7-12)8-13(15)6-10;1-4-14(16-13(15)12(2)3)10-8-6-5-7-9-11-14;1-10(2)12(14)15-13(3,4)11-8-6-5-7-9-11;1-4-12(8-6-5-7-9-12)14-11(13)10(2)3;1-4-11(7-5-6-8-11)13-10(12)9(2)3/h12-14H,1,5-10H2,2-4H3;5-11H,1H2,2-4H3;11-14H,2,4-9H2,1,3H3;10-13H,1,4-8H2,2-3H3;2,4-11H2,1,3H3;5-9H,1H2,2-4H3;2,4-9H2,1,3H3;2,4-8H2,1,3H3. The largest absolute Gasteiger partial charge is 0.456 e. The van der Waals surface area contributed by atoms with Crippen LogP contribution in [-0.4, -0.2) is 81.4 Å². The number of benzene rings is 3. The summed E-state index contributed by atoms with van der Waals surface area (Å²) in [6, 6.07) is 23.9. The second kappa shape index (κ2) is 46.7. The van der Waals surface area contributed by atoms with E-state index in [4.69, 9.17) is 37.9 Å². The van der Waals surface area contributed by atoms with Crippen LogP contribution in [0.15, 0.2) is 170 Å². The average Bonchev–Trinajstić information content (AvgIpc) is 0.786. The van der Waals surface area contributed by atoms with Crippen molar-refractivity contribution in [2.45, 2.75) is 408 Å². The topological polar surface area (TPSA) is 210 Å². The monoisotopic (exact) mass is 1810 g/mol. The zero-order valence-electron chi connectivity index (χ0n) is 84.4. The van der Waals surface area contributed by atoms with Crippen LogP contribution in [0.3, 0.4) is 0 Å². The summed E-state index contributed by atoms with van der Waals surface area (Å²) in [5, 5.41) is 2.31. The summed E-state index contributed by atoms with van der Waals surface area (Å²) in [7, 11) is 0. The smallest absolute Gasteiger partial charge is 0.333 e. The van der Waals surface area contributed by atoms with Gasteiger partial charge in [-0.1, -0.05) is 173 Å². The molecule has 15 aliphatic carbocycles. The molecule has 131 heavy (non-hydrogen) atoms. The average molecular weight is 1810 g/mol. The van der Waals surface area contributed by atoms with Crippen LogP contribution in [0.4, 0.5) is 0 Å². The lowest BCUT2D eigenvalue weighted by atomic mass is 9.46. The first-order valence-electron chi connectivity index (χ1n) is 50.1. The molecule has 0 N–H and O–H groups in total. The van der Waals surface area contributed by atoms with Gasteiger partial charge < -0.3 is 37.9 Å². The van der Waals surface area contributed by atoms with E-state index >= 15 is 0 Å². The fourth-order valence-corrected chi connectivity index (χ4v) is 24.3. The lowest BCUT2D eigenvalue weighted by molar-refractivity contribution is -0.207. The van der Waals surface area contributed by atoms with Gasteiger partial charge in [-0.15, -0.1) is 0 Å². The number of esters is 8. The maximum absolute atomic E-state index is 12.0. The number of carbonyl (C=O) groups excluding carboxylic acids is 8. The van der Waals surface area contributed by atoms with Gasteiger partial charge in [-0.2, -0.15) is 0 Å². The number of ether oxygens (including phenoxy) is 8. The highest BCUT2D eigenvalue weighted by Crippen LogP contribution is 2.65. The molecule has 0 unspecified atom stereocenters. The van der Waals surface area contributed by atoms with Gasteiger partial charge in [-0.3, -0.25) is 0 Å². The van der Waals surface area contributed by atoms with Crippen molar-refractivity contribution in [1.82, 2.24) is 0 Å². The van der Waals surface area contributed by atoms with Crippen molar-refractivity contribution >= 4 is 58.5 Å². The van der Waals surface area contributed by atoms with Crippen LogP contribution < -0.4 is 0 Å². The molecule has 0 aromatic heterocycles. The van der Waals surface area contributed by atoms with Crippen molar-refractivity contribution in [2.75, 3.05) is 0 Å². The van der Waals surface area contributed by atoms with Gasteiger partial charge in [0.2, 0.25) is 0 Å². The summed E-state index contributed by atoms with van der Waals surface area (Å²) in [4.78, 5) is 93.3. The van der Waals surface area contributed by atoms with Crippen LogP contribution in [0.25, 0.3) is 10.8 Å². The molecule has 0 amide bonds. The zero-order valence-corrected chi connectivity index (χ0v) is 84.4. The Balaban J connectivity index is 0.000000185.